The van der Waals surface area contributed by atoms with Gasteiger partial charge in [-0.15, -0.1) is 0 Å². The van der Waals surface area contributed by atoms with Crippen molar-refractivity contribution in [2.45, 2.75) is 13.8 Å². The van der Waals surface area contributed by atoms with E-state index in [1.54, 1.807) is 0 Å². The molecule has 0 aliphatic carbocycles. The van der Waals surface area contributed by atoms with Crippen LogP contribution in [0.4, 0.5) is 0 Å². The summed E-state index contributed by atoms with van der Waals surface area (Å²) < 4.78 is 2.75. The first-order valence-corrected chi connectivity index (χ1v) is 7.01. The van der Waals surface area contributed by atoms with Crippen molar-refractivity contribution in [3.63, 3.8) is 0 Å². The number of hydrogen-bond donors (Lipinski definition) is 1. The molecule has 0 bridgehead atoms. The maximum Gasteiger partial charge on any atom is 0.128 e. The van der Waals surface area contributed by atoms with E-state index < -0.39 is 0 Å². The highest BCUT2D eigenvalue weighted by Gasteiger charge is 2.06. The Morgan fingerprint density at radius 1 is 0.950 bits per heavy atom. The summed E-state index contributed by atoms with van der Waals surface area (Å²) in [5.74, 6) is 0. The van der Waals surface area contributed by atoms with E-state index in [1.165, 1.54) is 11.1 Å². The maximum absolute atomic E-state index is 5.48. The quantitative estimate of drug-likeness (QED) is 0.667. The summed E-state index contributed by atoms with van der Waals surface area (Å²) >= 11 is 5.48. The molecular weight excluding hydrogens is 264 g/mol. The van der Waals surface area contributed by atoms with Crippen molar-refractivity contribution in [2.75, 3.05) is 0 Å². The van der Waals surface area contributed by atoms with E-state index in [-0.39, 0.29) is 0 Å². The molecule has 0 unspecified atom stereocenters. The molecule has 1 N–H and O–H groups in total. The molecule has 0 spiro atoms. The molecule has 0 fully saturated rings. The SMILES string of the molecule is Cc1ccc(-n2[nH]c(-c3ccccc3)cc2=S)c(C)c1. The Hall–Kier alpha value is -2.13. The average Bonchev–Trinajstić information content (AvgIpc) is 2.82. The predicted octanol–water partition coefficient (Wildman–Crippen LogP) is 4.82. The molecule has 0 saturated carbocycles. The van der Waals surface area contributed by atoms with E-state index in [4.69, 9.17) is 12.2 Å². The molecule has 1 heterocycles. The van der Waals surface area contributed by atoms with Gasteiger partial charge in [-0.3, -0.25) is 5.10 Å². The predicted molar refractivity (Wildman–Crippen MR) is 85.9 cm³/mol. The zero-order valence-electron chi connectivity index (χ0n) is 11.6. The summed E-state index contributed by atoms with van der Waals surface area (Å²) in [5, 5.41) is 3.39. The summed E-state index contributed by atoms with van der Waals surface area (Å²) in [6.07, 6.45) is 0. The van der Waals surface area contributed by atoms with E-state index in [0.29, 0.717) is 0 Å². The third kappa shape index (κ3) is 2.32. The third-order valence-electron chi connectivity index (χ3n) is 3.40. The van der Waals surface area contributed by atoms with E-state index >= 15 is 0 Å². The average molecular weight is 280 g/mol. The Kier molecular flexibility index (Phi) is 3.28. The Balaban J connectivity index is 2.12. The molecular formula is C17H16N2S. The van der Waals surface area contributed by atoms with Gasteiger partial charge in [0.1, 0.15) is 4.64 Å². The zero-order valence-corrected chi connectivity index (χ0v) is 12.4. The number of aromatic amines is 1. The number of nitrogens with zero attached hydrogens (tertiary/aromatic N) is 1. The third-order valence-corrected chi connectivity index (χ3v) is 3.70. The van der Waals surface area contributed by atoms with E-state index in [1.807, 2.05) is 28.9 Å². The largest absolute Gasteiger partial charge is 0.292 e. The molecule has 3 rings (SSSR count). The van der Waals surface area contributed by atoms with Gasteiger partial charge >= 0.3 is 0 Å². The summed E-state index contributed by atoms with van der Waals surface area (Å²) in [7, 11) is 0. The van der Waals surface area contributed by atoms with Crippen LogP contribution in [-0.4, -0.2) is 9.78 Å². The van der Waals surface area contributed by atoms with Gasteiger partial charge in [-0.25, -0.2) is 4.68 Å². The molecule has 20 heavy (non-hydrogen) atoms. The van der Waals surface area contributed by atoms with E-state index in [0.717, 1.165) is 21.6 Å². The number of hydrogen-bond acceptors (Lipinski definition) is 1. The van der Waals surface area contributed by atoms with Crippen molar-refractivity contribution in [1.29, 1.82) is 0 Å². The second-order valence-electron chi connectivity index (χ2n) is 5.00. The fourth-order valence-electron chi connectivity index (χ4n) is 2.40. The van der Waals surface area contributed by atoms with Crippen LogP contribution >= 0.6 is 12.2 Å². The Morgan fingerprint density at radius 3 is 2.40 bits per heavy atom. The first-order valence-electron chi connectivity index (χ1n) is 6.60. The van der Waals surface area contributed by atoms with E-state index in [2.05, 4.69) is 49.3 Å². The van der Waals surface area contributed by atoms with Gasteiger partial charge in [0.15, 0.2) is 0 Å². The molecule has 100 valence electrons. The molecule has 3 aromatic rings. The van der Waals surface area contributed by atoms with Crippen molar-refractivity contribution in [1.82, 2.24) is 9.78 Å². The van der Waals surface area contributed by atoms with Crippen molar-refractivity contribution in [3.05, 3.63) is 70.4 Å². The zero-order chi connectivity index (χ0) is 14.1. The fraction of sp³-hybridized carbons (Fsp3) is 0.118. The molecule has 3 heteroatoms. The minimum atomic E-state index is 0.788. The van der Waals surface area contributed by atoms with Gasteiger partial charge in [-0.2, -0.15) is 0 Å². The Labute approximate surface area is 123 Å². The van der Waals surface area contributed by atoms with Crippen LogP contribution < -0.4 is 0 Å². The normalized spacial score (nSPS) is 10.7. The van der Waals surface area contributed by atoms with Gasteiger partial charge in [0.05, 0.1) is 11.4 Å². The highest BCUT2D eigenvalue weighted by atomic mass is 32.1. The second-order valence-corrected chi connectivity index (χ2v) is 5.42. The second kappa shape index (κ2) is 5.10. The minimum absolute atomic E-state index is 0.788. The van der Waals surface area contributed by atoms with Crippen molar-refractivity contribution in [3.8, 4) is 16.9 Å². The van der Waals surface area contributed by atoms with E-state index in [9.17, 15) is 0 Å². The van der Waals surface area contributed by atoms with Crippen LogP contribution in [0.3, 0.4) is 0 Å². The highest BCUT2D eigenvalue weighted by Crippen LogP contribution is 2.21. The van der Waals surface area contributed by atoms with Crippen molar-refractivity contribution in [2.24, 2.45) is 0 Å². The standard InChI is InChI=1S/C17H16N2S/c1-12-8-9-16(13(2)10-12)19-17(20)11-15(18-19)14-6-4-3-5-7-14/h3-11,18H,1-2H3. The number of aromatic nitrogens is 2. The minimum Gasteiger partial charge on any atom is -0.292 e. The first-order chi connectivity index (χ1) is 9.65. The molecule has 2 nitrogen and oxygen atoms in total. The maximum atomic E-state index is 5.48. The summed E-state index contributed by atoms with van der Waals surface area (Å²) in [6.45, 7) is 4.20. The molecule has 0 radical (unpaired) electrons. The van der Waals surface area contributed by atoms with Crippen molar-refractivity contribution >= 4 is 12.2 Å². The van der Waals surface area contributed by atoms with Gasteiger partial charge in [0.2, 0.25) is 0 Å². The number of nitrogens with one attached hydrogen (secondary N) is 1. The molecule has 1 aromatic heterocycles. The summed E-state index contributed by atoms with van der Waals surface area (Å²) in [5.41, 5.74) is 5.75. The highest BCUT2D eigenvalue weighted by molar-refractivity contribution is 7.71. The Bertz CT molecular complexity index is 797. The lowest BCUT2D eigenvalue weighted by atomic mass is 10.1. The molecule has 2 aromatic carbocycles. The summed E-state index contributed by atoms with van der Waals surface area (Å²) in [6, 6.07) is 18.6. The molecule has 0 atom stereocenters. The van der Waals surface area contributed by atoms with Crippen LogP contribution in [-0.2, 0) is 0 Å². The van der Waals surface area contributed by atoms with Crippen LogP contribution in [0.1, 0.15) is 11.1 Å². The number of aryl methyl sites for hydroxylation is 2. The van der Waals surface area contributed by atoms with Crippen LogP contribution in [0.5, 0.6) is 0 Å². The fourth-order valence-corrected chi connectivity index (χ4v) is 2.66. The molecule has 0 saturated heterocycles. The lowest BCUT2D eigenvalue weighted by molar-refractivity contribution is 0.864. The number of rotatable bonds is 2. The lowest BCUT2D eigenvalue weighted by Crippen LogP contribution is -1.99. The molecule has 0 aliphatic heterocycles. The lowest BCUT2D eigenvalue weighted by Gasteiger charge is -2.08. The van der Waals surface area contributed by atoms with Gasteiger partial charge in [-0.1, -0.05) is 60.2 Å². The molecule has 0 aliphatic rings. The first kappa shape index (κ1) is 12.9. The van der Waals surface area contributed by atoms with Crippen LogP contribution in [0.15, 0.2) is 54.6 Å². The number of benzene rings is 2. The van der Waals surface area contributed by atoms with Gasteiger partial charge in [0, 0.05) is 6.07 Å². The summed E-state index contributed by atoms with van der Waals surface area (Å²) in [4.78, 5) is 0. The molecule has 0 amide bonds. The van der Waals surface area contributed by atoms with Gasteiger partial charge in [0.25, 0.3) is 0 Å². The monoisotopic (exact) mass is 280 g/mol. The van der Waals surface area contributed by atoms with Crippen LogP contribution in [0, 0.1) is 18.5 Å². The topological polar surface area (TPSA) is 20.7 Å². The van der Waals surface area contributed by atoms with Crippen LogP contribution in [0.2, 0.25) is 0 Å². The van der Waals surface area contributed by atoms with Gasteiger partial charge in [-0.05, 0) is 31.0 Å². The number of H-pyrrole nitrogens is 1. The van der Waals surface area contributed by atoms with Gasteiger partial charge < -0.3 is 0 Å². The van der Waals surface area contributed by atoms with Crippen LogP contribution in [0.25, 0.3) is 16.9 Å². The van der Waals surface area contributed by atoms with Crippen molar-refractivity contribution < 1.29 is 0 Å². The smallest absolute Gasteiger partial charge is 0.128 e. The Morgan fingerprint density at radius 2 is 1.70 bits per heavy atom.